The van der Waals surface area contributed by atoms with E-state index in [1.54, 1.807) is 6.92 Å². The third-order valence-electron chi connectivity index (χ3n) is 3.82. The van der Waals surface area contributed by atoms with Gasteiger partial charge >= 0.3 is 11.9 Å². The number of benzene rings is 1. The van der Waals surface area contributed by atoms with E-state index in [2.05, 4.69) is 5.32 Å². The molecule has 0 bridgehead atoms. The highest BCUT2D eigenvalue weighted by molar-refractivity contribution is 7.98. The summed E-state index contributed by atoms with van der Waals surface area (Å²) in [7, 11) is 0. The van der Waals surface area contributed by atoms with Crippen LogP contribution in [0.1, 0.15) is 39.6 Å². The summed E-state index contributed by atoms with van der Waals surface area (Å²) in [5.74, 6) is -2.78. The molecule has 1 amide bonds. The lowest BCUT2D eigenvalue weighted by molar-refractivity contribution is -0.139. The number of thioether (sulfide) groups is 1. The maximum absolute atomic E-state index is 12.4. The van der Waals surface area contributed by atoms with Crippen LogP contribution in [0.25, 0.3) is 0 Å². The summed E-state index contributed by atoms with van der Waals surface area (Å²) < 4.78 is 5.07. The van der Waals surface area contributed by atoms with Gasteiger partial charge in [0.1, 0.15) is 23.5 Å². The van der Waals surface area contributed by atoms with Gasteiger partial charge in [-0.15, -0.1) is 0 Å². The third kappa shape index (κ3) is 4.19. The van der Waals surface area contributed by atoms with Gasteiger partial charge in [0.25, 0.3) is 5.91 Å². The van der Waals surface area contributed by atoms with Crippen LogP contribution in [0.3, 0.4) is 0 Å². The summed E-state index contributed by atoms with van der Waals surface area (Å²) in [5, 5.41) is 22.0. The molecular weight excluding hydrogens is 370 g/mol. The van der Waals surface area contributed by atoms with Gasteiger partial charge in [0.2, 0.25) is 0 Å². The predicted octanol–water partition coefficient (Wildman–Crippen LogP) is 2.08. The number of fused-ring (bicyclic) bond motifs is 1. The van der Waals surface area contributed by atoms with Gasteiger partial charge < -0.3 is 20.3 Å². The Kier molecular flexibility index (Phi) is 6.18. The molecule has 2 atom stereocenters. The zero-order chi connectivity index (χ0) is 18.7. The van der Waals surface area contributed by atoms with E-state index in [9.17, 15) is 24.6 Å². The number of carbonyl (C=O) groups excluding carboxylic acids is 2. The Morgan fingerprint density at radius 1 is 1.52 bits per heavy atom. The number of ether oxygens (including phenoxy) is 1. The smallest absolute Gasteiger partial charge is 0.342 e. The van der Waals surface area contributed by atoms with Crippen LogP contribution >= 0.6 is 23.4 Å². The highest BCUT2D eigenvalue weighted by Crippen LogP contribution is 2.36. The quantitative estimate of drug-likeness (QED) is 0.640. The normalized spacial score (nSPS) is 17.4. The van der Waals surface area contributed by atoms with Crippen LogP contribution in [0, 0.1) is 0 Å². The number of phenols is 1. The summed E-state index contributed by atoms with van der Waals surface area (Å²) >= 11 is 7.61. The number of carboxylic acids is 1. The lowest BCUT2D eigenvalue weighted by Gasteiger charge is -2.24. The predicted molar refractivity (Wildman–Crippen MR) is 93.6 cm³/mol. The molecule has 0 aromatic heterocycles. The number of carbonyl (C=O) groups is 3. The van der Waals surface area contributed by atoms with Gasteiger partial charge in [-0.1, -0.05) is 11.6 Å². The van der Waals surface area contributed by atoms with E-state index < -0.39 is 29.6 Å². The molecule has 0 saturated heterocycles. The summed E-state index contributed by atoms with van der Waals surface area (Å²) in [6, 6.07) is 0.130. The Morgan fingerprint density at radius 3 is 2.80 bits per heavy atom. The average Bonchev–Trinajstić information content (AvgIpc) is 2.53. The second-order valence-corrected chi connectivity index (χ2v) is 7.07. The van der Waals surface area contributed by atoms with Gasteiger partial charge in [-0.25, -0.2) is 9.59 Å². The molecule has 1 aliphatic rings. The molecule has 0 saturated carbocycles. The van der Waals surface area contributed by atoms with Crippen LogP contribution in [0.5, 0.6) is 5.75 Å². The van der Waals surface area contributed by atoms with E-state index in [-0.39, 0.29) is 28.7 Å². The van der Waals surface area contributed by atoms with Gasteiger partial charge in [-0.05, 0) is 37.0 Å². The highest BCUT2D eigenvalue weighted by Gasteiger charge is 2.32. The van der Waals surface area contributed by atoms with Crippen molar-refractivity contribution in [2.45, 2.75) is 31.9 Å². The minimum Gasteiger partial charge on any atom is -0.506 e. The number of amides is 1. The van der Waals surface area contributed by atoms with Crippen LogP contribution in [0.4, 0.5) is 0 Å². The molecule has 0 fully saturated rings. The second-order valence-electron chi connectivity index (χ2n) is 5.67. The first-order valence-electron chi connectivity index (χ1n) is 7.54. The molecule has 9 heteroatoms. The van der Waals surface area contributed by atoms with Crippen molar-refractivity contribution in [3.05, 3.63) is 27.8 Å². The number of hydrogen-bond acceptors (Lipinski definition) is 6. The van der Waals surface area contributed by atoms with Crippen LogP contribution < -0.4 is 5.32 Å². The molecule has 0 radical (unpaired) electrons. The fraction of sp³-hybridized carbons (Fsp3) is 0.438. The number of aromatic hydroxyl groups is 1. The first-order chi connectivity index (χ1) is 11.8. The molecule has 0 aliphatic carbocycles. The molecule has 136 valence electrons. The third-order valence-corrected chi connectivity index (χ3v) is 4.80. The monoisotopic (exact) mass is 387 g/mol. The molecule has 25 heavy (non-hydrogen) atoms. The summed E-state index contributed by atoms with van der Waals surface area (Å²) in [5.41, 5.74) is 0.00836. The fourth-order valence-electron chi connectivity index (χ4n) is 2.57. The van der Waals surface area contributed by atoms with Crippen molar-refractivity contribution in [1.82, 2.24) is 5.32 Å². The number of rotatable bonds is 6. The lowest BCUT2D eigenvalue weighted by atomic mass is 9.95. The highest BCUT2D eigenvalue weighted by atomic mass is 35.5. The Balaban J connectivity index is 2.35. The summed E-state index contributed by atoms with van der Waals surface area (Å²) in [6.45, 7) is 1.69. The van der Waals surface area contributed by atoms with E-state index in [1.165, 1.54) is 17.8 Å². The summed E-state index contributed by atoms with van der Waals surface area (Å²) in [4.78, 5) is 35.7. The summed E-state index contributed by atoms with van der Waals surface area (Å²) in [6.07, 6.45) is 1.98. The van der Waals surface area contributed by atoms with E-state index in [4.69, 9.17) is 16.3 Å². The number of phenolic OH excluding ortho intramolecular Hbond substituents is 1. The van der Waals surface area contributed by atoms with Crippen LogP contribution in [0.2, 0.25) is 5.02 Å². The Morgan fingerprint density at radius 2 is 2.20 bits per heavy atom. The SMILES string of the molecule is CSCC[C@H](NC(=O)c1cc(Cl)c2c(c1O)C(=O)O[C@H](C)C2)C(=O)O. The largest absolute Gasteiger partial charge is 0.506 e. The van der Waals surface area contributed by atoms with Gasteiger partial charge in [0, 0.05) is 11.4 Å². The lowest BCUT2D eigenvalue weighted by Crippen LogP contribution is -2.41. The number of carboxylic acid groups (broad SMARTS) is 1. The first kappa shape index (κ1) is 19.4. The van der Waals surface area contributed by atoms with Gasteiger partial charge in [-0.2, -0.15) is 11.8 Å². The molecular formula is C16H18ClNO6S. The van der Waals surface area contributed by atoms with Crippen LogP contribution in [0.15, 0.2) is 6.07 Å². The Labute approximate surface area is 153 Å². The van der Waals surface area contributed by atoms with E-state index in [0.29, 0.717) is 17.7 Å². The Hall–Kier alpha value is -1.93. The number of esters is 1. The number of hydrogen-bond donors (Lipinski definition) is 3. The first-order valence-corrected chi connectivity index (χ1v) is 9.31. The molecule has 0 unspecified atom stereocenters. The molecule has 3 N–H and O–H groups in total. The van der Waals surface area contributed by atoms with Gasteiger partial charge in [0.15, 0.2) is 0 Å². The van der Waals surface area contributed by atoms with Gasteiger partial charge in [-0.3, -0.25) is 4.79 Å². The van der Waals surface area contributed by atoms with Crippen molar-refractivity contribution < 1.29 is 29.3 Å². The van der Waals surface area contributed by atoms with E-state index >= 15 is 0 Å². The van der Waals surface area contributed by atoms with Crippen LogP contribution in [-0.2, 0) is 16.0 Å². The molecule has 1 heterocycles. The Bertz CT molecular complexity index is 723. The molecule has 2 rings (SSSR count). The average molecular weight is 388 g/mol. The van der Waals surface area contributed by atoms with Crippen molar-refractivity contribution in [3.63, 3.8) is 0 Å². The number of cyclic esters (lactones) is 1. The van der Waals surface area contributed by atoms with Crippen molar-refractivity contribution in [2.75, 3.05) is 12.0 Å². The number of nitrogens with one attached hydrogen (secondary N) is 1. The second kappa shape index (κ2) is 7.97. The molecule has 1 aromatic carbocycles. The minimum absolute atomic E-state index is 0.147. The van der Waals surface area contributed by atoms with Crippen molar-refractivity contribution in [3.8, 4) is 5.75 Å². The molecule has 1 aromatic rings. The van der Waals surface area contributed by atoms with Gasteiger partial charge in [0.05, 0.1) is 5.56 Å². The van der Waals surface area contributed by atoms with Crippen molar-refractivity contribution in [1.29, 1.82) is 0 Å². The molecule has 7 nitrogen and oxygen atoms in total. The van der Waals surface area contributed by atoms with E-state index in [1.807, 2.05) is 6.26 Å². The van der Waals surface area contributed by atoms with Crippen molar-refractivity contribution >= 4 is 41.2 Å². The van der Waals surface area contributed by atoms with Crippen LogP contribution in [-0.4, -0.2) is 52.2 Å². The molecule has 1 aliphatic heterocycles. The molecule has 0 spiro atoms. The standard InChI is InChI=1S/C16H18ClNO6S/c1-7-5-8-10(17)6-9(13(19)12(8)16(23)24-7)14(20)18-11(15(21)22)3-4-25-2/h6-7,11,19H,3-5H2,1-2H3,(H,18,20)(H,21,22)/t7-,11+/m1/s1. The zero-order valence-corrected chi connectivity index (χ0v) is 15.2. The maximum atomic E-state index is 12.4. The number of aliphatic carboxylic acids is 1. The minimum atomic E-state index is -1.18. The van der Waals surface area contributed by atoms with E-state index in [0.717, 1.165) is 0 Å². The fourth-order valence-corrected chi connectivity index (χ4v) is 3.32. The maximum Gasteiger partial charge on any atom is 0.342 e. The number of halogens is 1. The topological polar surface area (TPSA) is 113 Å². The zero-order valence-electron chi connectivity index (χ0n) is 13.7. The van der Waals surface area contributed by atoms with Crippen molar-refractivity contribution in [2.24, 2.45) is 0 Å².